The number of benzene rings is 1. The van der Waals surface area contributed by atoms with E-state index in [9.17, 15) is 14.9 Å². The van der Waals surface area contributed by atoms with E-state index in [1.165, 1.54) is 18.2 Å². The zero-order chi connectivity index (χ0) is 15.2. The largest absolute Gasteiger partial charge is 0.352 e. The van der Waals surface area contributed by atoms with Crippen LogP contribution in [-0.4, -0.2) is 22.4 Å². The quantitative estimate of drug-likeness (QED) is 0.664. The van der Waals surface area contributed by atoms with E-state index in [-0.39, 0.29) is 17.2 Å². The third kappa shape index (κ3) is 4.09. The average molecular weight is 350 g/mol. The van der Waals surface area contributed by atoms with Gasteiger partial charge in [0.15, 0.2) is 0 Å². The summed E-state index contributed by atoms with van der Waals surface area (Å²) in [6, 6.07) is 8.03. The zero-order valence-electron chi connectivity index (χ0n) is 11.0. The molecule has 0 spiro atoms. The molecule has 0 fully saturated rings. The van der Waals surface area contributed by atoms with Gasteiger partial charge in [-0.3, -0.25) is 19.9 Å². The van der Waals surface area contributed by atoms with Gasteiger partial charge in [-0.05, 0) is 46.1 Å². The highest BCUT2D eigenvalue weighted by Crippen LogP contribution is 2.25. The number of amides is 1. The SMILES string of the molecule is O=C(NCCc1cccnc1)c1ccc(Br)c([N+](=O)[O-])c1. The fourth-order valence-corrected chi connectivity index (χ4v) is 2.15. The summed E-state index contributed by atoms with van der Waals surface area (Å²) in [7, 11) is 0. The van der Waals surface area contributed by atoms with Crippen molar-refractivity contribution in [1.29, 1.82) is 0 Å². The predicted molar refractivity (Wildman–Crippen MR) is 81.1 cm³/mol. The van der Waals surface area contributed by atoms with Crippen LogP contribution in [0.15, 0.2) is 47.2 Å². The normalized spacial score (nSPS) is 10.1. The molecule has 7 heteroatoms. The second kappa shape index (κ2) is 6.94. The van der Waals surface area contributed by atoms with Crippen molar-refractivity contribution in [3.63, 3.8) is 0 Å². The Kier molecular flexibility index (Phi) is 4.99. The molecule has 1 amide bonds. The number of aromatic nitrogens is 1. The minimum absolute atomic E-state index is 0.130. The summed E-state index contributed by atoms with van der Waals surface area (Å²) in [5.74, 6) is -0.338. The number of nitro groups is 1. The average Bonchev–Trinajstić information content (AvgIpc) is 2.48. The van der Waals surface area contributed by atoms with Crippen molar-refractivity contribution in [2.24, 2.45) is 0 Å². The molecule has 1 aromatic heterocycles. The molecule has 0 unspecified atom stereocenters. The van der Waals surface area contributed by atoms with E-state index in [2.05, 4.69) is 26.2 Å². The summed E-state index contributed by atoms with van der Waals surface area (Å²) < 4.78 is 0.347. The zero-order valence-corrected chi connectivity index (χ0v) is 12.5. The lowest BCUT2D eigenvalue weighted by Crippen LogP contribution is -2.25. The van der Waals surface area contributed by atoms with Crippen LogP contribution in [-0.2, 0) is 6.42 Å². The number of carbonyl (C=O) groups is 1. The number of hydrogen-bond donors (Lipinski definition) is 1. The highest BCUT2D eigenvalue weighted by molar-refractivity contribution is 9.10. The number of halogens is 1. The minimum atomic E-state index is -0.531. The van der Waals surface area contributed by atoms with E-state index in [1.807, 2.05) is 12.1 Å². The molecule has 21 heavy (non-hydrogen) atoms. The number of nitrogens with one attached hydrogen (secondary N) is 1. The molecule has 0 aliphatic heterocycles. The Morgan fingerprint density at radius 1 is 1.38 bits per heavy atom. The summed E-state index contributed by atoms with van der Waals surface area (Å²) in [6.45, 7) is 0.439. The summed E-state index contributed by atoms with van der Waals surface area (Å²) in [5.41, 5.74) is 1.14. The molecule has 6 nitrogen and oxygen atoms in total. The van der Waals surface area contributed by atoms with Gasteiger partial charge in [0.05, 0.1) is 9.40 Å². The molecular formula is C14H12BrN3O3. The Morgan fingerprint density at radius 3 is 2.86 bits per heavy atom. The second-order valence-electron chi connectivity index (χ2n) is 4.29. The molecule has 0 saturated carbocycles. The van der Waals surface area contributed by atoms with Crippen molar-refractivity contribution < 1.29 is 9.72 Å². The van der Waals surface area contributed by atoms with E-state index >= 15 is 0 Å². The van der Waals surface area contributed by atoms with Crippen molar-refractivity contribution in [2.75, 3.05) is 6.54 Å². The first-order chi connectivity index (χ1) is 10.1. The number of hydrogen-bond acceptors (Lipinski definition) is 4. The van der Waals surface area contributed by atoms with Crippen LogP contribution < -0.4 is 5.32 Å². The lowest BCUT2D eigenvalue weighted by atomic mass is 10.1. The smallest absolute Gasteiger partial charge is 0.284 e. The standard InChI is InChI=1S/C14H12BrN3O3/c15-12-4-3-11(8-13(12)18(20)21)14(19)17-7-5-10-2-1-6-16-9-10/h1-4,6,8-9H,5,7H2,(H,17,19). The maximum atomic E-state index is 12.0. The van der Waals surface area contributed by atoms with Gasteiger partial charge in [0, 0.05) is 30.6 Å². The van der Waals surface area contributed by atoms with Crippen LogP contribution in [0.25, 0.3) is 0 Å². The summed E-state index contributed by atoms with van der Waals surface area (Å²) in [5, 5.41) is 13.6. The molecular weight excluding hydrogens is 338 g/mol. The van der Waals surface area contributed by atoms with E-state index in [0.29, 0.717) is 17.4 Å². The lowest BCUT2D eigenvalue weighted by molar-refractivity contribution is -0.385. The van der Waals surface area contributed by atoms with Gasteiger partial charge in [0.25, 0.3) is 11.6 Å². The van der Waals surface area contributed by atoms with Gasteiger partial charge in [-0.2, -0.15) is 0 Å². The first kappa shape index (κ1) is 15.1. The monoisotopic (exact) mass is 349 g/mol. The first-order valence-electron chi connectivity index (χ1n) is 6.19. The van der Waals surface area contributed by atoms with E-state index < -0.39 is 4.92 Å². The van der Waals surface area contributed by atoms with E-state index in [0.717, 1.165) is 5.56 Å². The third-order valence-electron chi connectivity index (χ3n) is 2.83. The molecule has 0 saturated heterocycles. The number of rotatable bonds is 5. The fourth-order valence-electron chi connectivity index (χ4n) is 1.76. The number of pyridine rings is 1. The van der Waals surface area contributed by atoms with Crippen molar-refractivity contribution in [2.45, 2.75) is 6.42 Å². The van der Waals surface area contributed by atoms with Crippen LogP contribution in [0.1, 0.15) is 15.9 Å². The lowest BCUT2D eigenvalue weighted by Gasteiger charge is -2.05. The third-order valence-corrected chi connectivity index (χ3v) is 3.50. The van der Waals surface area contributed by atoms with Gasteiger partial charge in [0.2, 0.25) is 0 Å². The number of nitro benzene ring substituents is 1. The molecule has 0 aliphatic carbocycles. The van der Waals surface area contributed by atoms with Gasteiger partial charge < -0.3 is 5.32 Å². The number of nitrogens with zero attached hydrogens (tertiary/aromatic N) is 2. The van der Waals surface area contributed by atoms with Crippen LogP contribution >= 0.6 is 15.9 Å². The Hall–Kier alpha value is -2.28. The number of carbonyl (C=O) groups excluding carboxylic acids is 1. The molecule has 0 radical (unpaired) electrons. The molecule has 2 aromatic rings. The van der Waals surface area contributed by atoms with Crippen LogP contribution in [0.3, 0.4) is 0 Å². The van der Waals surface area contributed by atoms with Crippen molar-refractivity contribution in [3.05, 3.63) is 68.4 Å². The topological polar surface area (TPSA) is 85.1 Å². The maximum Gasteiger partial charge on any atom is 0.284 e. The molecule has 0 bridgehead atoms. The van der Waals surface area contributed by atoms with Gasteiger partial charge in [0.1, 0.15) is 0 Å². The fraction of sp³-hybridized carbons (Fsp3) is 0.143. The summed E-state index contributed by atoms with van der Waals surface area (Å²) >= 11 is 3.08. The van der Waals surface area contributed by atoms with E-state index in [1.54, 1.807) is 12.4 Å². The Morgan fingerprint density at radius 2 is 2.19 bits per heavy atom. The Balaban J connectivity index is 1.97. The Labute approximate surface area is 129 Å². The van der Waals surface area contributed by atoms with Crippen molar-refractivity contribution >= 4 is 27.5 Å². The summed E-state index contributed by atoms with van der Waals surface area (Å²) in [4.78, 5) is 26.2. The first-order valence-corrected chi connectivity index (χ1v) is 6.98. The van der Waals surface area contributed by atoms with Gasteiger partial charge >= 0.3 is 0 Å². The van der Waals surface area contributed by atoms with Crippen molar-refractivity contribution in [3.8, 4) is 0 Å². The highest BCUT2D eigenvalue weighted by Gasteiger charge is 2.15. The molecule has 1 heterocycles. The maximum absolute atomic E-state index is 12.0. The Bertz CT molecular complexity index is 662. The summed E-state index contributed by atoms with van der Waals surface area (Å²) in [6.07, 6.45) is 4.07. The van der Waals surface area contributed by atoms with Crippen LogP contribution in [0, 0.1) is 10.1 Å². The van der Waals surface area contributed by atoms with Crippen LogP contribution in [0.5, 0.6) is 0 Å². The van der Waals surface area contributed by atoms with Gasteiger partial charge in [-0.1, -0.05) is 6.07 Å². The molecule has 0 aliphatic rings. The van der Waals surface area contributed by atoms with Gasteiger partial charge in [-0.15, -0.1) is 0 Å². The predicted octanol–water partition coefficient (Wildman–Crippen LogP) is 2.72. The van der Waals surface area contributed by atoms with E-state index in [4.69, 9.17) is 0 Å². The highest BCUT2D eigenvalue weighted by atomic mass is 79.9. The molecule has 108 valence electrons. The molecule has 1 aromatic carbocycles. The van der Waals surface area contributed by atoms with Gasteiger partial charge in [-0.25, -0.2) is 0 Å². The molecule has 2 rings (SSSR count). The second-order valence-corrected chi connectivity index (χ2v) is 5.14. The van der Waals surface area contributed by atoms with Crippen LogP contribution in [0.4, 0.5) is 5.69 Å². The van der Waals surface area contributed by atoms with Crippen LogP contribution in [0.2, 0.25) is 0 Å². The molecule has 1 N–H and O–H groups in total. The minimum Gasteiger partial charge on any atom is -0.352 e. The molecule has 0 atom stereocenters. The van der Waals surface area contributed by atoms with Crippen molar-refractivity contribution in [1.82, 2.24) is 10.3 Å².